The first-order chi connectivity index (χ1) is 10.5. The number of hydrogen-bond acceptors (Lipinski definition) is 6. The number of rotatable bonds is 6. The molecule has 0 fully saturated rings. The van der Waals surface area contributed by atoms with E-state index in [0.717, 1.165) is 12.1 Å². The number of ketones is 1. The van der Waals surface area contributed by atoms with Crippen LogP contribution in [0, 0.1) is 15.9 Å². The first-order valence-electron chi connectivity index (χ1n) is 6.12. The highest BCUT2D eigenvalue weighted by atomic mass is 19.1. The summed E-state index contributed by atoms with van der Waals surface area (Å²) in [7, 11) is 1.34. The van der Waals surface area contributed by atoms with Crippen LogP contribution >= 0.6 is 0 Å². The normalized spacial score (nSPS) is 10.1. The second kappa shape index (κ2) is 6.61. The molecule has 0 saturated heterocycles. The van der Waals surface area contributed by atoms with Crippen molar-refractivity contribution in [3.05, 3.63) is 58.0 Å². The summed E-state index contributed by atoms with van der Waals surface area (Å²) in [5.74, 6) is -1.63. The quantitative estimate of drug-likeness (QED) is 0.462. The Morgan fingerprint density at radius 3 is 2.82 bits per heavy atom. The number of carbonyl (C=O) groups is 1. The lowest BCUT2D eigenvalue weighted by Crippen LogP contribution is -2.14. The van der Waals surface area contributed by atoms with E-state index in [-0.39, 0.29) is 17.1 Å². The molecule has 7 nitrogen and oxygen atoms in total. The number of aromatic nitrogens is 1. The largest absolute Gasteiger partial charge is 0.496 e. The summed E-state index contributed by atoms with van der Waals surface area (Å²) in [6, 6.07) is 6.25. The maximum absolute atomic E-state index is 13.2. The molecule has 2 rings (SSSR count). The molecule has 0 aliphatic rings. The lowest BCUT2D eigenvalue weighted by atomic mass is 10.1. The van der Waals surface area contributed by atoms with Crippen molar-refractivity contribution in [2.45, 2.75) is 0 Å². The maximum Gasteiger partial charge on any atom is 0.406 e. The van der Waals surface area contributed by atoms with Gasteiger partial charge in [0.25, 0.3) is 0 Å². The number of ether oxygens (including phenoxy) is 2. The Labute approximate surface area is 124 Å². The summed E-state index contributed by atoms with van der Waals surface area (Å²) < 4.78 is 23.3. The van der Waals surface area contributed by atoms with E-state index in [1.807, 2.05) is 0 Å². The lowest BCUT2D eigenvalue weighted by Gasteiger charge is -2.09. The Bertz CT molecular complexity index is 720. The Balaban J connectivity index is 2.17. The SMILES string of the molecule is COc1ccc(F)cc1C(=O)COc1cccnc1[N+](=O)[O-]. The molecule has 1 aromatic heterocycles. The van der Waals surface area contributed by atoms with E-state index in [1.165, 1.54) is 31.5 Å². The van der Waals surface area contributed by atoms with E-state index in [1.54, 1.807) is 0 Å². The van der Waals surface area contributed by atoms with Crippen LogP contribution in [0.4, 0.5) is 10.2 Å². The van der Waals surface area contributed by atoms with Crippen molar-refractivity contribution >= 4 is 11.6 Å². The Hall–Kier alpha value is -3.03. The summed E-state index contributed by atoms with van der Waals surface area (Å²) in [5.41, 5.74) is -0.00552. The molecule has 0 radical (unpaired) electrons. The smallest absolute Gasteiger partial charge is 0.406 e. The third-order valence-electron chi connectivity index (χ3n) is 2.74. The number of methoxy groups -OCH3 is 1. The number of nitro groups is 1. The monoisotopic (exact) mass is 306 g/mol. The molecular weight excluding hydrogens is 295 g/mol. The minimum absolute atomic E-state index is 0.00552. The molecule has 0 aliphatic carbocycles. The van der Waals surface area contributed by atoms with Crippen LogP contribution in [0.15, 0.2) is 36.5 Å². The number of hydrogen-bond donors (Lipinski definition) is 0. The second-order valence-corrected chi connectivity index (χ2v) is 4.14. The average molecular weight is 306 g/mol. The van der Waals surface area contributed by atoms with Crippen molar-refractivity contribution in [2.75, 3.05) is 13.7 Å². The van der Waals surface area contributed by atoms with E-state index in [2.05, 4.69) is 4.98 Å². The summed E-state index contributed by atoms with van der Waals surface area (Å²) >= 11 is 0. The van der Waals surface area contributed by atoms with Gasteiger partial charge in [0.15, 0.2) is 6.61 Å². The zero-order valence-electron chi connectivity index (χ0n) is 11.5. The number of carbonyl (C=O) groups excluding carboxylic acids is 1. The van der Waals surface area contributed by atoms with Crippen LogP contribution in [0.25, 0.3) is 0 Å². The molecule has 0 amide bonds. The van der Waals surface area contributed by atoms with E-state index < -0.39 is 28.9 Å². The van der Waals surface area contributed by atoms with Gasteiger partial charge in [-0.2, -0.15) is 0 Å². The molecule has 0 aliphatic heterocycles. The number of nitrogens with zero attached hydrogens (tertiary/aromatic N) is 2. The summed E-state index contributed by atoms with van der Waals surface area (Å²) in [6.45, 7) is -0.508. The molecule has 0 spiro atoms. The number of pyridine rings is 1. The van der Waals surface area contributed by atoms with Crippen LogP contribution in [0.3, 0.4) is 0 Å². The lowest BCUT2D eigenvalue weighted by molar-refractivity contribution is -0.390. The molecule has 114 valence electrons. The molecule has 1 heterocycles. The first kappa shape index (κ1) is 15.4. The van der Waals surface area contributed by atoms with Crippen LogP contribution in [0.1, 0.15) is 10.4 Å². The zero-order chi connectivity index (χ0) is 16.1. The number of halogens is 1. The van der Waals surface area contributed by atoms with Crippen molar-refractivity contribution in [3.63, 3.8) is 0 Å². The van der Waals surface area contributed by atoms with E-state index >= 15 is 0 Å². The molecule has 1 aromatic carbocycles. The average Bonchev–Trinajstić information content (AvgIpc) is 2.52. The molecular formula is C14H11FN2O5. The van der Waals surface area contributed by atoms with Crippen LogP contribution in [0.2, 0.25) is 0 Å². The second-order valence-electron chi connectivity index (χ2n) is 4.14. The standard InChI is InChI=1S/C14H11FN2O5/c1-21-12-5-4-9(15)7-10(12)11(18)8-22-13-3-2-6-16-14(13)17(19)20/h2-7H,8H2,1H3. The maximum atomic E-state index is 13.2. The summed E-state index contributed by atoms with van der Waals surface area (Å²) in [5, 5.41) is 10.8. The molecule has 22 heavy (non-hydrogen) atoms. The highest BCUT2D eigenvalue weighted by Gasteiger charge is 2.19. The van der Waals surface area contributed by atoms with E-state index in [0.29, 0.717) is 0 Å². The molecule has 8 heteroatoms. The molecule has 0 saturated carbocycles. The number of benzene rings is 1. The van der Waals surface area contributed by atoms with Crippen LogP contribution in [0.5, 0.6) is 11.5 Å². The predicted molar refractivity (Wildman–Crippen MR) is 73.7 cm³/mol. The molecule has 0 N–H and O–H groups in total. The fraction of sp³-hybridized carbons (Fsp3) is 0.143. The Morgan fingerprint density at radius 1 is 1.36 bits per heavy atom. The minimum Gasteiger partial charge on any atom is -0.496 e. The van der Waals surface area contributed by atoms with Gasteiger partial charge in [-0.05, 0) is 40.2 Å². The van der Waals surface area contributed by atoms with Gasteiger partial charge in [-0.25, -0.2) is 4.39 Å². The number of Topliss-reactive ketones (excluding diaryl/α,β-unsaturated/α-hetero) is 1. The van der Waals surface area contributed by atoms with Crippen molar-refractivity contribution in [3.8, 4) is 11.5 Å². The van der Waals surface area contributed by atoms with Crippen LogP contribution < -0.4 is 9.47 Å². The molecule has 0 unspecified atom stereocenters. The van der Waals surface area contributed by atoms with Gasteiger partial charge in [-0.3, -0.25) is 4.79 Å². The van der Waals surface area contributed by atoms with Crippen molar-refractivity contribution in [2.24, 2.45) is 0 Å². The topological polar surface area (TPSA) is 91.6 Å². The molecule has 2 aromatic rings. The fourth-order valence-corrected chi connectivity index (χ4v) is 1.75. The third kappa shape index (κ3) is 3.35. The molecule has 0 bridgehead atoms. The van der Waals surface area contributed by atoms with Crippen molar-refractivity contribution in [1.29, 1.82) is 0 Å². The van der Waals surface area contributed by atoms with E-state index in [4.69, 9.17) is 9.47 Å². The molecule has 0 atom stereocenters. The zero-order valence-corrected chi connectivity index (χ0v) is 11.5. The van der Waals surface area contributed by atoms with Gasteiger partial charge in [0.2, 0.25) is 11.5 Å². The summed E-state index contributed by atoms with van der Waals surface area (Å²) in [6.07, 6.45) is 1.24. The Morgan fingerprint density at radius 2 is 2.14 bits per heavy atom. The van der Waals surface area contributed by atoms with Gasteiger partial charge in [-0.1, -0.05) is 0 Å². The van der Waals surface area contributed by atoms with Crippen molar-refractivity contribution in [1.82, 2.24) is 4.98 Å². The van der Waals surface area contributed by atoms with Gasteiger partial charge in [0, 0.05) is 0 Å². The predicted octanol–water partition coefficient (Wildman–Crippen LogP) is 2.40. The Kier molecular flexibility index (Phi) is 4.62. The van der Waals surface area contributed by atoms with E-state index in [9.17, 15) is 19.3 Å². The third-order valence-corrected chi connectivity index (χ3v) is 2.74. The summed E-state index contributed by atoms with van der Waals surface area (Å²) in [4.78, 5) is 25.7. The first-order valence-corrected chi connectivity index (χ1v) is 6.12. The van der Waals surface area contributed by atoms with Gasteiger partial charge in [0.05, 0.1) is 12.7 Å². The van der Waals surface area contributed by atoms with Crippen molar-refractivity contribution < 1.29 is 23.6 Å². The van der Waals surface area contributed by atoms with Gasteiger partial charge in [-0.15, -0.1) is 0 Å². The minimum atomic E-state index is -0.720. The van der Waals surface area contributed by atoms with Gasteiger partial charge < -0.3 is 19.6 Å². The van der Waals surface area contributed by atoms with Gasteiger partial charge in [0.1, 0.15) is 17.8 Å². The highest BCUT2D eigenvalue weighted by Crippen LogP contribution is 2.24. The van der Waals surface area contributed by atoms with Gasteiger partial charge >= 0.3 is 5.82 Å². The fourth-order valence-electron chi connectivity index (χ4n) is 1.75. The highest BCUT2D eigenvalue weighted by molar-refractivity contribution is 5.99. The van der Waals surface area contributed by atoms with Crippen LogP contribution in [-0.2, 0) is 0 Å². The van der Waals surface area contributed by atoms with Crippen LogP contribution in [-0.4, -0.2) is 29.4 Å².